The lowest BCUT2D eigenvalue weighted by Gasteiger charge is -2.27. The Morgan fingerprint density at radius 3 is 2.50 bits per heavy atom. The molecule has 0 saturated carbocycles. The minimum atomic E-state index is -3.44. The molecule has 6 heteroatoms. The zero-order chi connectivity index (χ0) is 12.6. The van der Waals surface area contributed by atoms with E-state index in [2.05, 4.69) is 15.9 Å². The molecule has 0 heterocycles. The standard InChI is InChI=1S/C10H14BrNO3S/c1-10(11,16(2,14)15)9(13)7-4-3-5-8(12)6-7/h3-6,9,13H,12H2,1-2H3/t9-,10-/m0/s1. The highest BCUT2D eigenvalue weighted by Crippen LogP contribution is 2.38. The van der Waals surface area contributed by atoms with E-state index in [4.69, 9.17) is 5.73 Å². The van der Waals surface area contributed by atoms with E-state index >= 15 is 0 Å². The van der Waals surface area contributed by atoms with Gasteiger partial charge in [-0.05, 0) is 24.6 Å². The van der Waals surface area contributed by atoms with Gasteiger partial charge < -0.3 is 10.8 Å². The van der Waals surface area contributed by atoms with Crippen LogP contribution in [0.2, 0.25) is 0 Å². The molecule has 1 aromatic rings. The monoisotopic (exact) mass is 307 g/mol. The van der Waals surface area contributed by atoms with Crippen molar-refractivity contribution in [2.45, 2.75) is 16.7 Å². The fourth-order valence-electron chi connectivity index (χ4n) is 1.23. The van der Waals surface area contributed by atoms with E-state index in [0.717, 1.165) is 6.26 Å². The van der Waals surface area contributed by atoms with E-state index in [1.165, 1.54) is 6.92 Å². The van der Waals surface area contributed by atoms with E-state index in [0.29, 0.717) is 11.3 Å². The molecule has 0 bridgehead atoms. The van der Waals surface area contributed by atoms with Crippen LogP contribution in [-0.4, -0.2) is 23.4 Å². The van der Waals surface area contributed by atoms with Gasteiger partial charge in [0.15, 0.2) is 13.5 Å². The number of alkyl halides is 1. The van der Waals surface area contributed by atoms with Crippen LogP contribution >= 0.6 is 15.9 Å². The van der Waals surface area contributed by atoms with E-state index in [9.17, 15) is 13.5 Å². The third-order valence-corrected chi connectivity index (χ3v) is 6.31. The van der Waals surface area contributed by atoms with Gasteiger partial charge in [0.1, 0.15) is 6.10 Å². The molecule has 0 unspecified atom stereocenters. The quantitative estimate of drug-likeness (QED) is 0.654. The smallest absolute Gasteiger partial charge is 0.165 e. The molecule has 90 valence electrons. The molecule has 0 fully saturated rings. The largest absolute Gasteiger partial charge is 0.399 e. The zero-order valence-corrected chi connectivity index (χ0v) is 11.4. The first-order valence-electron chi connectivity index (χ1n) is 4.58. The number of aliphatic hydroxyl groups is 1. The number of nitrogens with two attached hydrogens (primary N) is 1. The number of anilines is 1. The van der Waals surface area contributed by atoms with Crippen molar-refractivity contribution in [3.63, 3.8) is 0 Å². The Hall–Kier alpha value is -0.590. The van der Waals surface area contributed by atoms with Crippen LogP contribution in [0.5, 0.6) is 0 Å². The normalized spacial score (nSPS) is 17.8. The SMILES string of the molecule is C[C@@](Br)([C@@H](O)c1cccc(N)c1)S(C)(=O)=O. The van der Waals surface area contributed by atoms with Crippen LogP contribution in [0.4, 0.5) is 5.69 Å². The predicted molar refractivity (Wildman–Crippen MR) is 68.0 cm³/mol. The Morgan fingerprint density at radius 1 is 1.50 bits per heavy atom. The molecule has 0 aliphatic carbocycles. The molecule has 3 N–H and O–H groups in total. The minimum absolute atomic E-state index is 0.463. The maximum atomic E-state index is 11.5. The van der Waals surface area contributed by atoms with Gasteiger partial charge in [-0.25, -0.2) is 8.42 Å². The van der Waals surface area contributed by atoms with Crippen molar-refractivity contribution in [3.05, 3.63) is 29.8 Å². The third-order valence-electron chi connectivity index (χ3n) is 2.44. The molecule has 16 heavy (non-hydrogen) atoms. The summed E-state index contributed by atoms with van der Waals surface area (Å²) in [5.74, 6) is 0. The lowest BCUT2D eigenvalue weighted by molar-refractivity contribution is 0.168. The number of aliphatic hydroxyl groups excluding tert-OH is 1. The molecule has 2 atom stereocenters. The van der Waals surface area contributed by atoms with Crippen molar-refractivity contribution in [2.75, 3.05) is 12.0 Å². The molecule has 4 nitrogen and oxygen atoms in total. The topological polar surface area (TPSA) is 80.4 Å². The number of hydrogen-bond acceptors (Lipinski definition) is 4. The number of rotatable bonds is 3. The first kappa shape index (κ1) is 13.5. The van der Waals surface area contributed by atoms with Gasteiger partial charge in [0.05, 0.1) is 0 Å². The molecule has 0 radical (unpaired) electrons. The van der Waals surface area contributed by atoms with Gasteiger partial charge in [-0.15, -0.1) is 0 Å². The maximum Gasteiger partial charge on any atom is 0.165 e. The number of nitrogen functional groups attached to an aromatic ring is 1. The van der Waals surface area contributed by atoms with Crippen LogP contribution in [0.1, 0.15) is 18.6 Å². The fourth-order valence-corrected chi connectivity index (χ4v) is 2.04. The van der Waals surface area contributed by atoms with Gasteiger partial charge >= 0.3 is 0 Å². The van der Waals surface area contributed by atoms with Gasteiger partial charge in [0.25, 0.3) is 0 Å². The summed E-state index contributed by atoms with van der Waals surface area (Å²) in [7, 11) is -3.44. The van der Waals surface area contributed by atoms with E-state index < -0.39 is 19.6 Å². The highest BCUT2D eigenvalue weighted by Gasteiger charge is 2.41. The second-order valence-corrected chi connectivity index (χ2v) is 8.40. The number of hydrogen-bond donors (Lipinski definition) is 2. The van der Waals surface area contributed by atoms with Crippen molar-refractivity contribution in [2.24, 2.45) is 0 Å². The summed E-state index contributed by atoms with van der Waals surface area (Å²) in [6.45, 7) is 1.41. The summed E-state index contributed by atoms with van der Waals surface area (Å²) in [6.07, 6.45) is -0.108. The van der Waals surface area contributed by atoms with E-state index in [1.54, 1.807) is 24.3 Å². The average Bonchev–Trinajstić information content (AvgIpc) is 2.14. The summed E-state index contributed by atoms with van der Waals surface area (Å²) in [4.78, 5) is 0. The van der Waals surface area contributed by atoms with Crippen LogP contribution in [-0.2, 0) is 9.84 Å². The van der Waals surface area contributed by atoms with Crippen LogP contribution in [0.15, 0.2) is 24.3 Å². The van der Waals surface area contributed by atoms with Gasteiger partial charge in [-0.1, -0.05) is 28.1 Å². The molecular weight excluding hydrogens is 294 g/mol. The van der Waals surface area contributed by atoms with Crippen LogP contribution in [0.3, 0.4) is 0 Å². The Kier molecular flexibility index (Phi) is 3.66. The van der Waals surface area contributed by atoms with E-state index in [-0.39, 0.29) is 0 Å². The summed E-state index contributed by atoms with van der Waals surface area (Å²) in [5.41, 5.74) is 6.52. The van der Waals surface area contributed by atoms with Crippen molar-refractivity contribution in [1.29, 1.82) is 0 Å². The zero-order valence-electron chi connectivity index (χ0n) is 9.01. The summed E-state index contributed by atoms with van der Waals surface area (Å²) >= 11 is 3.05. The average molecular weight is 308 g/mol. The maximum absolute atomic E-state index is 11.5. The second-order valence-electron chi connectivity index (χ2n) is 3.83. The number of halogens is 1. The molecule has 0 amide bonds. The van der Waals surface area contributed by atoms with Crippen molar-refractivity contribution in [3.8, 4) is 0 Å². The van der Waals surface area contributed by atoms with Crippen LogP contribution in [0.25, 0.3) is 0 Å². The molecule has 0 saturated heterocycles. The Labute approximate surface area is 104 Å². The van der Waals surface area contributed by atoms with Gasteiger partial charge in [-0.2, -0.15) is 0 Å². The highest BCUT2D eigenvalue weighted by molar-refractivity contribution is 9.11. The van der Waals surface area contributed by atoms with Crippen molar-refractivity contribution in [1.82, 2.24) is 0 Å². The molecule has 1 rings (SSSR count). The lowest BCUT2D eigenvalue weighted by Crippen LogP contribution is -2.34. The molecule has 1 aromatic carbocycles. The molecular formula is C10H14BrNO3S. The Morgan fingerprint density at radius 2 is 2.06 bits per heavy atom. The molecule has 0 aliphatic heterocycles. The molecule has 0 aliphatic rings. The van der Waals surface area contributed by atoms with Crippen LogP contribution < -0.4 is 5.73 Å². The fraction of sp³-hybridized carbons (Fsp3) is 0.400. The summed E-state index contributed by atoms with van der Waals surface area (Å²) < 4.78 is 21.6. The van der Waals surface area contributed by atoms with Gasteiger partial charge in [0, 0.05) is 11.9 Å². The Bertz CT molecular complexity index is 485. The number of benzene rings is 1. The minimum Gasteiger partial charge on any atom is -0.399 e. The van der Waals surface area contributed by atoms with Crippen molar-refractivity contribution >= 4 is 31.5 Å². The highest BCUT2D eigenvalue weighted by atomic mass is 79.9. The lowest BCUT2D eigenvalue weighted by atomic mass is 10.1. The predicted octanol–water partition coefficient (Wildman–Crippen LogP) is 1.46. The third kappa shape index (κ3) is 2.56. The van der Waals surface area contributed by atoms with Gasteiger partial charge in [0.2, 0.25) is 0 Å². The van der Waals surface area contributed by atoms with E-state index in [1.807, 2.05) is 0 Å². The molecule has 0 aromatic heterocycles. The summed E-state index contributed by atoms with van der Waals surface area (Å²) in [6, 6.07) is 6.52. The van der Waals surface area contributed by atoms with Crippen molar-refractivity contribution < 1.29 is 13.5 Å². The first-order chi connectivity index (χ1) is 7.16. The second kappa shape index (κ2) is 4.35. The summed E-state index contributed by atoms with van der Waals surface area (Å²) in [5, 5.41) is 10.0. The number of sulfone groups is 1. The first-order valence-corrected chi connectivity index (χ1v) is 7.26. The molecule has 0 spiro atoms. The van der Waals surface area contributed by atoms with Crippen LogP contribution in [0, 0.1) is 0 Å². The Balaban J connectivity index is 3.17. The van der Waals surface area contributed by atoms with Gasteiger partial charge in [-0.3, -0.25) is 0 Å².